The highest BCUT2D eigenvalue weighted by Crippen LogP contribution is 2.36. The molecule has 0 spiro atoms. The van der Waals surface area contributed by atoms with Crippen LogP contribution < -0.4 is 4.74 Å². The summed E-state index contributed by atoms with van der Waals surface area (Å²) in [6, 6.07) is 4.08. The zero-order valence-corrected chi connectivity index (χ0v) is 10.1. The van der Waals surface area contributed by atoms with Gasteiger partial charge in [0.1, 0.15) is 12.4 Å². The molecular formula is C12H16F3NO. The average molecular weight is 247 g/mol. The van der Waals surface area contributed by atoms with Gasteiger partial charge in [-0.25, -0.2) is 0 Å². The van der Waals surface area contributed by atoms with Crippen molar-refractivity contribution in [3.63, 3.8) is 0 Å². The number of alkyl halides is 3. The molecule has 0 bridgehead atoms. The van der Waals surface area contributed by atoms with E-state index in [1.54, 1.807) is 13.0 Å². The van der Waals surface area contributed by atoms with Crippen LogP contribution in [-0.2, 0) is 6.18 Å². The van der Waals surface area contributed by atoms with Crippen molar-refractivity contribution in [3.8, 4) is 5.75 Å². The normalized spacial score (nSPS) is 11.9. The maximum Gasteiger partial charge on any atom is 0.419 e. The van der Waals surface area contributed by atoms with Gasteiger partial charge in [0.2, 0.25) is 0 Å². The molecule has 0 heterocycles. The molecule has 0 aliphatic heterocycles. The van der Waals surface area contributed by atoms with E-state index in [4.69, 9.17) is 4.74 Å². The van der Waals surface area contributed by atoms with Crippen LogP contribution in [-0.4, -0.2) is 32.1 Å². The Morgan fingerprint density at radius 2 is 1.88 bits per heavy atom. The standard InChI is InChI=1S/C12H16F3NO/c1-9-4-5-11(17-7-6-16(2)3)10(8-9)12(13,14)15/h4-5,8H,6-7H2,1-3H3. The zero-order chi connectivity index (χ0) is 13.1. The molecule has 0 radical (unpaired) electrons. The van der Waals surface area contributed by atoms with Crippen LogP contribution >= 0.6 is 0 Å². The van der Waals surface area contributed by atoms with Crippen molar-refractivity contribution in [1.82, 2.24) is 4.90 Å². The molecule has 1 rings (SSSR count). The molecule has 1 aromatic rings. The topological polar surface area (TPSA) is 12.5 Å². The van der Waals surface area contributed by atoms with Crippen LogP contribution in [0.2, 0.25) is 0 Å². The number of likely N-dealkylation sites (N-methyl/N-ethyl adjacent to an activating group) is 1. The van der Waals surface area contributed by atoms with Crippen molar-refractivity contribution < 1.29 is 17.9 Å². The van der Waals surface area contributed by atoms with Crippen molar-refractivity contribution in [3.05, 3.63) is 29.3 Å². The fraction of sp³-hybridized carbons (Fsp3) is 0.500. The van der Waals surface area contributed by atoms with Gasteiger partial charge < -0.3 is 9.64 Å². The SMILES string of the molecule is Cc1ccc(OCCN(C)C)c(C(F)(F)F)c1. The van der Waals surface area contributed by atoms with Gasteiger partial charge in [0, 0.05) is 6.54 Å². The second kappa shape index (κ2) is 5.40. The van der Waals surface area contributed by atoms with Crippen molar-refractivity contribution in [2.45, 2.75) is 13.1 Å². The summed E-state index contributed by atoms with van der Waals surface area (Å²) in [7, 11) is 3.67. The molecule has 0 aliphatic carbocycles. The smallest absolute Gasteiger partial charge is 0.419 e. The molecule has 0 fully saturated rings. The summed E-state index contributed by atoms with van der Waals surface area (Å²) < 4.78 is 43.3. The van der Waals surface area contributed by atoms with Crippen molar-refractivity contribution >= 4 is 0 Å². The quantitative estimate of drug-likeness (QED) is 0.811. The van der Waals surface area contributed by atoms with Gasteiger partial charge in [-0.15, -0.1) is 0 Å². The summed E-state index contributed by atoms with van der Waals surface area (Å²) in [6.45, 7) is 2.43. The van der Waals surface area contributed by atoms with Gasteiger partial charge in [-0.3, -0.25) is 0 Å². The second-order valence-corrected chi connectivity index (χ2v) is 4.15. The largest absolute Gasteiger partial charge is 0.492 e. The van der Waals surface area contributed by atoms with E-state index < -0.39 is 11.7 Å². The van der Waals surface area contributed by atoms with Gasteiger partial charge in [-0.1, -0.05) is 11.6 Å². The third-order valence-corrected chi connectivity index (χ3v) is 2.24. The molecule has 0 unspecified atom stereocenters. The third kappa shape index (κ3) is 4.26. The van der Waals surface area contributed by atoms with Crippen LogP contribution in [0.1, 0.15) is 11.1 Å². The number of nitrogens with zero attached hydrogens (tertiary/aromatic N) is 1. The summed E-state index contributed by atoms with van der Waals surface area (Å²) >= 11 is 0. The summed E-state index contributed by atoms with van der Waals surface area (Å²) in [4.78, 5) is 1.85. The number of benzene rings is 1. The second-order valence-electron chi connectivity index (χ2n) is 4.15. The van der Waals surface area contributed by atoms with Crippen LogP contribution in [0.25, 0.3) is 0 Å². The Morgan fingerprint density at radius 3 is 2.41 bits per heavy atom. The Hall–Kier alpha value is -1.23. The molecule has 0 amide bonds. The lowest BCUT2D eigenvalue weighted by molar-refractivity contribution is -0.139. The minimum absolute atomic E-state index is 0.107. The first-order valence-electron chi connectivity index (χ1n) is 5.26. The lowest BCUT2D eigenvalue weighted by Crippen LogP contribution is -2.20. The Morgan fingerprint density at radius 1 is 1.24 bits per heavy atom. The first kappa shape index (κ1) is 13.8. The van der Waals surface area contributed by atoms with Crippen molar-refractivity contribution in [2.24, 2.45) is 0 Å². The number of rotatable bonds is 4. The Kier molecular flexibility index (Phi) is 4.40. The maximum atomic E-state index is 12.7. The van der Waals surface area contributed by atoms with E-state index in [0.717, 1.165) is 6.07 Å². The van der Waals surface area contributed by atoms with Crippen LogP contribution in [0.4, 0.5) is 13.2 Å². The monoisotopic (exact) mass is 247 g/mol. The predicted octanol–water partition coefficient (Wildman–Crippen LogP) is 2.95. The molecule has 0 aromatic heterocycles. The highest BCUT2D eigenvalue weighted by molar-refractivity contribution is 5.38. The van der Waals surface area contributed by atoms with Gasteiger partial charge in [0.15, 0.2) is 0 Å². The molecule has 1 aromatic carbocycles. The Labute approximate surface area is 99.0 Å². The van der Waals surface area contributed by atoms with Gasteiger partial charge >= 0.3 is 6.18 Å². The highest BCUT2D eigenvalue weighted by Gasteiger charge is 2.34. The molecule has 96 valence electrons. The summed E-state index contributed by atoms with van der Waals surface area (Å²) in [5.41, 5.74) is -0.145. The first-order valence-corrected chi connectivity index (χ1v) is 5.26. The number of hydrogen-bond donors (Lipinski definition) is 0. The van der Waals surface area contributed by atoms with E-state index in [2.05, 4.69) is 0 Å². The van der Waals surface area contributed by atoms with E-state index in [0.29, 0.717) is 12.1 Å². The number of hydrogen-bond acceptors (Lipinski definition) is 2. The number of aryl methyl sites for hydroxylation is 1. The van der Waals surface area contributed by atoms with Crippen molar-refractivity contribution in [2.75, 3.05) is 27.2 Å². The molecule has 17 heavy (non-hydrogen) atoms. The molecule has 0 aliphatic rings. The highest BCUT2D eigenvalue weighted by atomic mass is 19.4. The molecule has 0 N–H and O–H groups in total. The van der Waals surface area contributed by atoms with Crippen LogP contribution in [0.3, 0.4) is 0 Å². The van der Waals surface area contributed by atoms with Gasteiger partial charge in [-0.05, 0) is 33.2 Å². The number of ether oxygens (including phenoxy) is 1. The molecule has 0 atom stereocenters. The van der Waals surface area contributed by atoms with Gasteiger partial charge in [0.25, 0.3) is 0 Å². The van der Waals surface area contributed by atoms with E-state index >= 15 is 0 Å². The van der Waals surface area contributed by atoms with E-state index in [9.17, 15) is 13.2 Å². The average Bonchev–Trinajstić information content (AvgIpc) is 2.18. The fourth-order valence-electron chi connectivity index (χ4n) is 1.33. The number of halogens is 3. The minimum atomic E-state index is -4.38. The van der Waals surface area contributed by atoms with E-state index in [1.165, 1.54) is 6.07 Å². The Balaban J connectivity index is 2.84. The van der Waals surface area contributed by atoms with Crippen LogP contribution in [0.5, 0.6) is 5.75 Å². The van der Waals surface area contributed by atoms with E-state index in [1.807, 2.05) is 19.0 Å². The van der Waals surface area contributed by atoms with E-state index in [-0.39, 0.29) is 12.4 Å². The fourth-order valence-corrected chi connectivity index (χ4v) is 1.33. The summed E-state index contributed by atoms with van der Waals surface area (Å²) in [5, 5.41) is 0. The van der Waals surface area contributed by atoms with Crippen LogP contribution in [0.15, 0.2) is 18.2 Å². The van der Waals surface area contributed by atoms with Gasteiger partial charge in [0.05, 0.1) is 5.56 Å². The molecule has 2 nitrogen and oxygen atoms in total. The first-order chi connectivity index (χ1) is 7.80. The van der Waals surface area contributed by atoms with Gasteiger partial charge in [-0.2, -0.15) is 13.2 Å². The third-order valence-electron chi connectivity index (χ3n) is 2.24. The van der Waals surface area contributed by atoms with Crippen molar-refractivity contribution in [1.29, 1.82) is 0 Å². The predicted molar refractivity (Wildman–Crippen MR) is 60.2 cm³/mol. The maximum absolute atomic E-state index is 12.7. The molecule has 5 heteroatoms. The molecular weight excluding hydrogens is 231 g/mol. The summed E-state index contributed by atoms with van der Waals surface area (Å²) in [5.74, 6) is -0.107. The van der Waals surface area contributed by atoms with Crippen LogP contribution in [0, 0.1) is 6.92 Å². The molecule has 0 saturated carbocycles. The lowest BCUT2D eigenvalue weighted by atomic mass is 10.1. The Bertz CT molecular complexity index is 375. The summed E-state index contributed by atoms with van der Waals surface area (Å²) in [6.07, 6.45) is -4.38. The minimum Gasteiger partial charge on any atom is -0.492 e. The lowest BCUT2D eigenvalue weighted by Gasteiger charge is -2.16. The molecule has 0 saturated heterocycles. The zero-order valence-electron chi connectivity index (χ0n) is 10.1.